The van der Waals surface area contributed by atoms with E-state index in [1.807, 2.05) is 0 Å². The summed E-state index contributed by atoms with van der Waals surface area (Å²) in [6, 6.07) is 54.0. The minimum atomic E-state index is -0.413. The van der Waals surface area contributed by atoms with Crippen molar-refractivity contribution >= 4 is 29.6 Å². The zero-order valence-electron chi connectivity index (χ0n) is 39.2. The van der Waals surface area contributed by atoms with E-state index < -0.39 is 5.41 Å². The van der Waals surface area contributed by atoms with Gasteiger partial charge in [-0.3, -0.25) is 0 Å². The topological polar surface area (TPSA) is 12.0 Å². The quantitative estimate of drug-likeness (QED) is 0.174. The van der Waals surface area contributed by atoms with Gasteiger partial charge in [-0.2, -0.15) is 0 Å². The van der Waals surface area contributed by atoms with Crippen LogP contribution in [0.1, 0.15) is 119 Å². The molecule has 328 valence electrons. The Labute approximate surface area is 401 Å². The highest BCUT2D eigenvalue weighted by Gasteiger charge is 2.77. The van der Waals surface area contributed by atoms with E-state index in [9.17, 15) is 0 Å². The Balaban J connectivity index is 0.817. The molecule has 8 saturated carbocycles. The van der Waals surface area contributed by atoms with Gasteiger partial charge in [-0.05, 0) is 219 Å². The Morgan fingerprint density at radius 1 is 0.559 bits per heavy atom. The van der Waals surface area contributed by atoms with Gasteiger partial charge in [0.2, 0.25) is 0 Å². The Hall–Kier alpha value is -5.60. The van der Waals surface area contributed by atoms with Crippen LogP contribution < -0.4 is 16.2 Å². The number of fused-ring (bicyclic) bond motifs is 14. The first-order valence-electron chi connectivity index (χ1n) is 27.1. The van der Waals surface area contributed by atoms with Crippen LogP contribution in [0.5, 0.6) is 0 Å². The standard InChI is InChI=1S/C66H56BN/c1-34-19-50(46-11-8-15-55-62(46)68-57-16-7-6-14-54(57)66(55)52-12-4-2-9-44(52)45-10-3-5-13-53(45)66)61-51(20-34)48-23-35-17-18-39(63-31-42-24-41-25-43(32-63)65(41,42)33-63)26-47(35)49-27-40(28-56(67-61)59(48)49)64-29-37-21-36-22-38(30-64)60(64)58(36)37/h2-20,26-28,36-38,41-43,48,58,60,67-68H,21-25,29-33H2,1H3. The maximum Gasteiger partial charge on any atom is 0.193 e. The lowest BCUT2D eigenvalue weighted by Crippen LogP contribution is -2.59. The van der Waals surface area contributed by atoms with Crippen LogP contribution in [0.2, 0.25) is 0 Å². The van der Waals surface area contributed by atoms with Crippen molar-refractivity contribution in [1.82, 2.24) is 0 Å². The lowest BCUT2D eigenvalue weighted by molar-refractivity contribution is -0.175. The summed E-state index contributed by atoms with van der Waals surface area (Å²) >= 11 is 0. The van der Waals surface area contributed by atoms with E-state index in [2.05, 4.69) is 146 Å². The van der Waals surface area contributed by atoms with Crippen LogP contribution in [0.15, 0.2) is 133 Å². The molecule has 2 heterocycles. The molecule has 68 heavy (non-hydrogen) atoms. The molecule has 19 rings (SSSR count). The third kappa shape index (κ3) is 3.81. The van der Waals surface area contributed by atoms with E-state index in [4.69, 9.17) is 0 Å². The number of para-hydroxylation sites is 2. The number of hydrogen-bond acceptors (Lipinski definition) is 1. The van der Waals surface area contributed by atoms with Crippen LogP contribution in [-0.4, -0.2) is 7.28 Å². The van der Waals surface area contributed by atoms with Crippen molar-refractivity contribution in [2.24, 2.45) is 52.8 Å². The molecule has 12 aliphatic rings. The van der Waals surface area contributed by atoms with E-state index in [0.717, 1.165) is 66.5 Å². The Morgan fingerprint density at radius 3 is 2.09 bits per heavy atom. The molecule has 9 atom stereocenters. The lowest BCUT2D eigenvalue weighted by Gasteiger charge is -2.66. The van der Waals surface area contributed by atoms with Crippen molar-refractivity contribution < 1.29 is 0 Å². The first-order chi connectivity index (χ1) is 33.4. The van der Waals surface area contributed by atoms with Crippen molar-refractivity contribution in [3.63, 3.8) is 0 Å². The molecule has 9 unspecified atom stereocenters. The molecule has 2 heteroatoms. The zero-order chi connectivity index (χ0) is 43.8. The third-order valence-electron chi connectivity index (χ3n) is 23.5. The third-order valence-corrected chi connectivity index (χ3v) is 23.5. The summed E-state index contributed by atoms with van der Waals surface area (Å²) in [7, 11) is 1.01. The van der Waals surface area contributed by atoms with Crippen LogP contribution in [0.3, 0.4) is 0 Å². The molecule has 7 aromatic carbocycles. The summed E-state index contributed by atoms with van der Waals surface area (Å²) in [5.74, 6) is 8.40. The molecule has 1 nitrogen and oxygen atoms in total. The minimum Gasteiger partial charge on any atom is -0.354 e. The number of anilines is 2. The van der Waals surface area contributed by atoms with E-state index in [-0.39, 0.29) is 0 Å². The molecule has 0 radical (unpaired) electrons. The summed E-state index contributed by atoms with van der Waals surface area (Å²) in [4.78, 5) is 0. The average Bonchev–Trinajstić information content (AvgIpc) is 4.05. The SMILES string of the molecule is Cc1cc(-c2cccc3c2Nc2ccccc2C32c3ccccc3-c3ccccc32)c2c(c1)C1Cc3ccc(C45CC6CC7CC(C4)C76C5)cc3-c3cc(C45CC6CC7CC(C4)C5C76)cc(c31)B2. The highest BCUT2D eigenvalue weighted by molar-refractivity contribution is 6.70. The second-order valence-electron chi connectivity index (χ2n) is 25.5. The molecule has 2 aliphatic heterocycles. The molecule has 1 N–H and O–H groups in total. The minimum absolute atomic E-state index is 0.368. The fourth-order valence-corrected chi connectivity index (χ4v) is 21.5. The Kier molecular flexibility index (Phi) is 6.17. The normalized spacial score (nSPS) is 36.1. The van der Waals surface area contributed by atoms with Gasteiger partial charge in [0.1, 0.15) is 0 Å². The summed E-state index contributed by atoms with van der Waals surface area (Å²) in [5, 5.41) is 4.16. The highest BCUT2D eigenvalue weighted by atomic mass is 14.9. The van der Waals surface area contributed by atoms with Crippen molar-refractivity contribution in [1.29, 1.82) is 0 Å². The molecule has 0 amide bonds. The zero-order valence-corrected chi connectivity index (χ0v) is 39.2. The van der Waals surface area contributed by atoms with Crippen LogP contribution in [-0.2, 0) is 22.7 Å². The first kappa shape index (κ1) is 36.4. The van der Waals surface area contributed by atoms with E-state index >= 15 is 0 Å². The molecule has 2 spiro atoms. The molecule has 7 aromatic rings. The van der Waals surface area contributed by atoms with E-state index in [1.165, 1.54) is 119 Å². The molecule has 0 saturated heterocycles. The fraction of sp³-hybridized carbons (Fsp3) is 0.364. The summed E-state index contributed by atoms with van der Waals surface area (Å²) < 4.78 is 0. The Morgan fingerprint density at radius 2 is 1.28 bits per heavy atom. The van der Waals surface area contributed by atoms with Crippen molar-refractivity contribution in [3.05, 3.63) is 189 Å². The number of hydrogen-bond donors (Lipinski definition) is 1. The number of nitrogens with one attached hydrogen (secondary N) is 1. The molecule has 10 aliphatic carbocycles. The van der Waals surface area contributed by atoms with Gasteiger partial charge in [0.25, 0.3) is 0 Å². The van der Waals surface area contributed by atoms with Gasteiger partial charge >= 0.3 is 0 Å². The largest absolute Gasteiger partial charge is 0.354 e. The van der Waals surface area contributed by atoms with Crippen molar-refractivity contribution in [2.75, 3.05) is 5.32 Å². The van der Waals surface area contributed by atoms with Crippen molar-refractivity contribution in [3.8, 4) is 33.4 Å². The van der Waals surface area contributed by atoms with Gasteiger partial charge in [-0.15, -0.1) is 0 Å². The van der Waals surface area contributed by atoms with Crippen LogP contribution >= 0.6 is 0 Å². The molecule has 0 aromatic heterocycles. The summed E-state index contributed by atoms with van der Waals surface area (Å²) in [6.07, 6.45) is 14.6. The van der Waals surface area contributed by atoms with Crippen LogP contribution in [0.4, 0.5) is 11.4 Å². The molecular formula is C66H56BN. The van der Waals surface area contributed by atoms with Crippen LogP contribution in [0, 0.1) is 59.7 Å². The maximum absolute atomic E-state index is 4.16. The van der Waals surface area contributed by atoms with Crippen molar-refractivity contribution in [2.45, 2.75) is 93.3 Å². The first-order valence-corrected chi connectivity index (χ1v) is 27.1. The predicted octanol–water partition coefficient (Wildman–Crippen LogP) is 13.1. The fourth-order valence-electron chi connectivity index (χ4n) is 21.5. The summed E-state index contributed by atoms with van der Waals surface area (Å²) in [5.41, 5.74) is 30.8. The molecule has 8 fully saturated rings. The molecule has 2 bridgehead atoms. The van der Waals surface area contributed by atoms with Crippen LogP contribution in [0.25, 0.3) is 33.4 Å². The second-order valence-corrected chi connectivity index (χ2v) is 25.5. The van der Waals surface area contributed by atoms with Gasteiger partial charge in [-0.1, -0.05) is 144 Å². The predicted molar refractivity (Wildman–Crippen MR) is 276 cm³/mol. The van der Waals surface area contributed by atoms with Gasteiger partial charge in [0.05, 0.1) is 11.1 Å². The maximum atomic E-state index is 4.16. The Bertz CT molecular complexity index is 3490. The van der Waals surface area contributed by atoms with Gasteiger partial charge in [0, 0.05) is 17.2 Å². The van der Waals surface area contributed by atoms with E-state index in [1.54, 1.807) is 49.9 Å². The number of rotatable bonds is 3. The highest BCUT2D eigenvalue weighted by Crippen LogP contribution is 2.85. The van der Waals surface area contributed by atoms with Gasteiger partial charge < -0.3 is 5.32 Å². The van der Waals surface area contributed by atoms with Gasteiger partial charge in [0.15, 0.2) is 7.28 Å². The monoisotopic (exact) mass is 873 g/mol. The number of aryl methyl sites for hydroxylation is 1. The van der Waals surface area contributed by atoms with Gasteiger partial charge in [-0.25, -0.2) is 0 Å². The second kappa shape index (κ2) is 11.5. The number of benzene rings is 7. The smallest absolute Gasteiger partial charge is 0.193 e. The molecular weight excluding hydrogens is 818 g/mol. The van der Waals surface area contributed by atoms with E-state index in [0.29, 0.717) is 16.7 Å². The summed E-state index contributed by atoms with van der Waals surface area (Å²) in [6.45, 7) is 2.37. The lowest BCUT2D eigenvalue weighted by atomic mass is 9.38. The average molecular weight is 874 g/mol.